The molecule has 1 aromatic rings. The van der Waals surface area contributed by atoms with E-state index >= 15 is 0 Å². The van der Waals surface area contributed by atoms with Gasteiger partial charge in [-0.2, -0.15) is 0 Å². The first-order valence-electron chi connectivity index (χ1n) is 9.39. The number of aryl methyl sites for hydroxylation is 1. The van der Waals surface area contributed by atoms with Crippen LogP contribution in [0.25, 0.3) is 0 Å². The Labute approximate surface area is 153 Å². The van der Waals surface area contributed by atoms with Crippen molar-refractivity contribution in [2.75, 3.05) is 52.6 Å². The minimum Gasteiger partial charge on any atom is -0.456 e. The number of hydrogen-bond acceptors (Lipinski definition) is 5. The standard InChI is InChI=1S/C19H26N2O5/c1-14-2-3-16(26-14)18(23)21-12-15(17(22)20-6-10-25-11-7-20)19(13-21)4-8-24-9-5-19/h2-3,15H,4-13H2,1H3/t15-/m1/s1. The quantitative estimate of drug-likeness (QED) is 0.793. The molecule has 3 fully saturated rings. The summed E-state index contributed by atoms with van der Waals surface area (Å²) in [6.45, 7) is 6.60. The molecule has 1 aromatic heterocycles. The number of amides is 2. The molecule has 3 aliphatic rings. The van der Waals surface area contributed by atoms with Crippen molar-refractivity contribution < 1.29 is 23.5 Å². The number of ether oxygens (including phenoxy) is 2. The third-order valence-electron chi connectivity index (χ3n) is 6.00. The molecule has 142 valence electrons. The lowest BCUT2D eigenvalue weighted by Crippen LogP contribution is -2.49. The summed E-state index contributed by atoms with van der Waals surface area (Å²) in [4.78, 5) is 29.8. The van der Waals surface area contributed by atoms with E-state index in [4.69, 9.17) is 13.9 Å². The van der Waals surface area contributed by atoms with E-state index in [1.54, 1.807) is 17.0 Å². The summed E-state index contributed by atoms with van der Waals surface area (Å²) in [5, 5.41) is 0. The van der Waals surface area contributed by atoms with Gasteiger partial charge in [-0.15, -0.1) is 0 Å². The molecule has 7 nitrogen and oxygen atoms in total. The van der Waals surface area contributed by atoms with Crippen molar-refractivity contribution in [1.29, 1.82) is 0 Å². The van der Waals surface area contributed by atoms with Gasteiger partial charge >= 0.3 is 0 Å². The molecule has 0 bridgehead atoms. The molecule has 0 saturated carbocycles. The van der Waals surface area contributed by atoms with Crippen LogP contribution in [0.4, 0.5) is 0 Å². The number of carbonyl (C=O) groups is 2. The molecule has 3 saturated heterocycles. The van der Waals surface area contributed by atoms with Crippen LogP contribution in [0.5, 0.6) is 0 Å². The summed E-state index contributed by atoms with van der Waals surface area (Å²) in [6, 6.07) is 3.51. The minimum absolute atomic E-state index is 0.124. The lowest BCUT2D eigenvalue weighted by molar-refractivity contribution is -0.144. The molecule has 4 heterocycles. The molecule has 0 radical (unpaired) electrons. The van der Waals surface area contributed by atoms with Crippen LogP contribution in [0.1, 0.15) is 29.2 Å². The van der Waals surface area contributed by atoms with Crippen LogP contribution >= 0.6 is 0 Å². The van der Waals surface area contributed by atoms with Crippen LogP contribution in [0.2, 0.25) is 0 Å². The second kappa shape index (κ2) is 7.04. The van der Waals surface area contributed by atoms with E-state index in [-0.39, 0.29) is 23.1 Å². The molecule has 1 spiro atoms. The van der Waals surface area contributed by atoms with E-state index in [0.29, 0.717) is 64.1 Å². The number of likely N-dealkylation sites (tertiary alicyclic amines) is 1. The second-order valence-corrected chi connectivity index (χ2v) is 7.56. The average molecular weight is 362 g/mol. The van der Waals surface area contributed by atoms with E-state index in [1.165, 1.54) is 0 Å². The summed E-state index contributed by atoms with van der Waals surface area (Å²) in [6.07, 6.45) is 1.63. The number of furan rings is 1. The van der Waals surface area contributed by atoms with E-state index in [9.17, 15) is 9.59 Å². The van der Waals surface area contributed by atoms with E-state index < -0.39 is 0 Å². The monoisotopic (exact) mass is 362 g/mol. The van der Waals surface area contributed by atoms with Crippen molar-refractivity contribution in [3.05, 3.63) is 23.7 Å². The zero-order chi connectivity index (χ0) is 18.1. The molecule has 2 amide bonds. The summed E-state index contributed by atoms with van der Waals surface area (Å²) < 4.78 is 16.4. The topological polar surface area (TPSA) is 72.2 Å². The number of morpholine rings is 1. The normalized spacial score (nSPS) is 25.7. The zero-order valence-corrected chi connectivity index (χ0v) is 15.2. The lowest BCUT2D eigenvalue weighted by Gasteiger charge is -2.39. The Balaban J connectivity index is 1.56. The Bertz CT molecular complexity index is 673. The molecule has 7 heteroatoms. The van der Waals surface area contributed by atoms with Crippen LogP contribution in [0.3, 0.4) is 0 Å². The van der Waals surface area contributed by atoms with Crippen molar-refractivity contribution in [2.45, 2.75) is 19.8 Å². The highest BCUT2D eigenvalue weighted by atomic mass is 16.5. The van der Waals surface area contributed by atoms with Crippen molar-refractivity contribution in [3.8, 4) is 0 Å². The maximum atomic E-state index is 13.3. The van der Waals surface area contributed by atoms with E-state index in [1.807, 2.05) is 11.8 Å². The SMILES string of the molecule is Cc1ccc(C(=O)N2C[C@H](C(=O)N3CCOCC3)C3(CCOCC3)C2)o1. The third kappa shape index (κ3) is 3.14. The van der Waals surface area contributed by atoms with E-state index in [2.05, 4.69) is 0 Å². The molecule has 26 heavy (non-hydrogen) atoms. The van der Waals surface area contributed by atoms with Crippen LogP contribution in [0, 0.1) is 18.3 Å². The molecule has 0 unspecified atom stereocenters. The smallest absolute Gasteiger partial charge is 0.289 e. The first-order chi connectivity index (χ1) is 12.6. The van der Waals surface area contributed by atoms with Gasteiger partial charge < -0.3 is 23.7 Å². The van der Waals surface area contributed by atoms with Gasteiger partial charge in [0.25, 0.3) is 5.91 Å². The van der Waals surface area contributed by atoms with Gasteiger partial charge in [0.15, 0.2) is 5.76 Å². The molecule has 0 aliphatic carbocycles. The number of nitrogens with zero attached hydrogens (tertiary/aromatic N) is 2. The van der Waals surface area contributed by atoms with Gasteiger partial charge in [0.1, 0.15) is 5.76 Å². The fourth-order valence-corrected chi connectivity index (χ4v) is 4.46. The summed E-state index contributed by atoms with van der Waals surface area (Å²) in [7, 11) is 0. The minimum atomic E-state index is -0.190. The van der Waals surface area contributed by atoms with Crippen molar-refractivity contribution >= 4 is 11.8 Å². The molecule has 3 aliphatic heterocycles. The van der Waals surface area contributed by atoms with Gasteiger partial charge in [-0.3, -0.25) is 9.59 Å². The fraction of sp³-hybridized carbons (Fsp3) is 0.684. The third-order valence-corrected chi connectivity index (χ3v) is 6.00. The molecule has 0 N–H and O–H groups in total. The van der Waals surface area contributed by atoms with Crippen molar-refractivity contribution in [2.24, 2.45) is 11.3 Å². The van der Waals surface area contributed by atoms with Gasteiger partial charge in [0.05, 0.1) is 19.1 Å². The Morgan fingerprint density at radius 1 is 1.04 bits per heavy atom. The Morgan fingerprint density at radius 3 is 2.38 bits per heavy atom. The Kier molecular flexibility index (Phi) is 4.75. The highest BCUT2D eigenvalue weighted by Gasteiger charge is 2.53. The van der Waals surface area contributed by atoms with Crippen LogP contribution < -0.4 is 0 Å². The predicted octanol–water partition coefficient (Wildman–Crippen LogP) is 1.32. The maximum absolute atomic E-state index is 13.3. The average Bonchev–Trinajstić information content (AvgIpc) is 3.26. The number of rotatable bonds is 2. The Morgan fingerprint density at radius 2 is 1.73 bits per heavy atom. The van der Waals surface area contributed by atoms with E-state index in [0.717, 1.165) is 12.8 Å². The summed E-state index contributed by atoms with van der Waals surface area (Å²) >= 11 is 0. The van der Waals surface area contributed by atoms with Crippen molar-refractivity contribution in [3.63, 3.8) is 0 Å². The molecule has 4 rings (SSSR count). The Hall–Kier alpha value is -1.86. The largest absolute Gasteiger partial charge is 0.456 e. The maximum Gasteiger partial charge on any atom is 0.289 e. The van der Waals surface area contributed by atoms with Crippen LogP contribution in [-0.4, -0.2) is 74.2 Å². The highest BCUT2D eigenvalue weighted by Crippen LogP contribution is 2.45. The summed E-state index contributed by atoms with van der Waals surface area (Å²) in [5.74, 6) is 0.922. The number of hydrogen-bond donors (Lipinski definition) is 0. The molecule has 1 atom stereocenters. The molecular weight excluding hydrogens is 336 g/mol. The highest BCUT2D eigenvalue weighted by molar-refractivity contribution is 5.93. The van der Waals surface area contributed by atoms with Crippen LogP contribution in [-0.2, 0) is 14.3 Å². The lowest BCUT2D eigenvalue weighted by atomic mass is 9.71. The number of carbonyl (C=O) groups excluding carboxylic acids is 2. The first-order valence-corrected chi connectivity index (χ1v) is 9.39. The molecule has 0 aromatic carbocycles. The summed E-state index contributed by atoms with van der Waals surface area (Å²) in [5.41, 5.74) is -0.190. The van der Waals surface area contributed by atoms with Crippen LogP contribution in [0.15, 0.2) is 16.5 Å². The zero-order valence-electron chi connectivity index (χ0n) is 15.2. The predicted molar refractivity (Wildman–Crippen MR) is 92.7 cm³/mol. The van der Waals surface area contributed by atoms with Crippen molar-refractivity contribution in [1.82, 2.24) is 9.80 Å². The van der Waals surface area contributed by atoms with Gasteiger partial charge in [-0.25, -0.2) is 0 Å². The van der Waals surface area contributed by atoms with Gasteiger partial charge in [-0.05, 0) is 31.9 Å². The second-order valence-electron chi connectivity index (χ2n) is 7.56. The molecular formula is C19H26N2O5. The van der Waals surface area contributed by atoms with Gasteiger partial charge in [0.2, 0.25) is 5.91 Å². The fourth-order valence-electron chi connectivity index (χ4n) is 4.46. The first kappa shape index (κ1) is 17.5. The van der Waals surface area contributed by atoms with Gasteiger partial charge in [-0.1, -0.05) is 0 Å². The van der Waals surface area contributed by atoms with Gasteiger partial charge in [0, 0.05) is 44.8 Å².